The molecule has 0 aliphatic heterocycles. The van der Waals surface area contributed by atoms with Crippen LogP contribution < -0.4 is 54.5 Å². The molecule has 0 fully saturated rings. The van der Waals surface area contributed by atoms with Gasteiger partial charge >= 0.3 is 0 Å². The molecule has 0 amide bonds. The number of rotatable bonds is 39. The zero-order valence-electron chi connectivity index (χ0n) is 43.2. The lowest BCUT2D eigenvalue weighted by molar-refractivity contribution is -0.777. The van der Waals surface area contributed by atoms with Gasteiger partial charge in [0.1, 0.15) is 65.3 Å². The van der Waals surface area contributed by atoms with Crippen molar-refractivity contribution in [3.05, 3.63) is 138 Å². The first-order valence-electron chi connectivity index (χ1n) is 24.7. The van der Waals surface area contributed by atoms with Gasteiger partial charge in [0.25, 0.3) is 0 Å². The van der Waals surface area contributed by atoms with E-state index in [9.17, 15) is 67.7 Å². The van der Waals surface area contributed by atoms with Gasteiger partial charge in [0.15, 0.2) is 6.10 Å². The Morgan fingerprint density at radius 1 is 0.575 bits per heavy atom. The summed E-state index contributed by atoms with van der Waals surface area (Å²) in [7, 11) is -5.17. The molecule has 0 radical (unpaired) electrons. The first kappa shape index (κ1) is 63.3. The van der Waals surface area contributed by atoms with E-state index in [-0.39, 0.29) is 73.8 Å². The molecule has 0 bridgehead atoms. The lowest BCUT2D eigenvalue weighted by Gasteiger charge is -2.37. The highest BCUT2D eigenvalue weighted by atomic mass is 32.2. The predicted octanol–water partition coefficient (Wildman–Crippen LogP) is -2.21. The smallest absolute Gasteiger partial charge is 0.166 e. The molecule has 0 saturated carbocycles. The Hall–Kier alpha value is -7.53. The molecule has 26 heteroatoms. The number of benzene rings is 5. The average molecular weight is 1150 g/mol. The summed E-state index contributed by atoms with van der Waals surface area (Å²) in [5.74, 6) is -7.95. The summed E-state index contributed by atoms with van der Waals surface area (Å²) < 4.78 is 72.6. The van der Waals surface area contributed by atoms with Crippen LogP contribution in [0, 0.1) is 0 Å². The van der Waals surface area contributed by atoms with Crippen LogP contribution in [0.25, 0.3) is 0 Å². The molecule has 5 rings (SSSR count). The Morgan fingerprint density at radius 3 is 1.64 bits per heavy atom. The maximum Gasteiger partial charge on any atom is 0.166 e. The van der Waals surface area contributed by atoms with E-state index < -0.39 is 96.3 Å². The van der Waals surface area contributed by atoms with Crippen LogP contribution >= 0.6 is 12.0 Å². The minimum absolute atomic E-state index is 0.0544. The van der Waals surface area contributed by atoms with Gasteiger partial charge in [-0.3, -0.25) is 19.7 Å². The fourth-order valence-electron chi connectivity index (χ4n) is 7.98. The van der Waals surface area contributed by atoms with Crippen molar-refractivity contribution < 1.29 is 101 Å². The molecule has 5 aromatic carbocycles. The summed E-state index contributed by atoms with van der Waals surface area (Å²) in [5.41, 5.74) is 3.27. The van der Waals surface area contributed by atoms with Gasteiger partial charge in [-0.15, -0.1) is 0 Å². The number of aliphatic carboxylic acids is 5. The van der Waals surface area contributed by atoms with Gasteiger partial charge in [0.05, 0.1) is 51.7 Å². The summed E-state index contributed by atoms with van der Waals surface area (Å²) in [6.07, 6.45) is 1.77. The van der Waals surface area contributed by atoms with Gasteiger partial charge < -0.3 is 83.0 Å². The lowest BCUT2D eigenvalue weighted by atomic mass is 10.0. The number of aryl methyl sites for hydroxylation is 1. The summed E-state index contributed by atoms with van der Waals surface area (Å²) in [6, 6.07) is 30.0. The van der Waals surface area contributed by atoms with Crippen LogP contribution in [-0.2, 0) is 69.5 Å². The topological polar surface area (TPSA) is 355 Å². The van der Waals surface area contributed by atoms with Crippen LogP contribution in [0.5, 0.6) is 28.7 Å². The molecule has 0 saturated heterocycles. The predicted molar refractivity (Wildman–Crippen MR) is 268 cm³/mol. The Kier molecular flexibility index (Phi) is 25.7. The van der Waals surface area contributed by atoms with Crippen LogP contribution in [-0.4, -0.2) is 135 Å². The Balaban J connectivity index is 1.41. The average Bonchev–Trinajstić information content (AvgIpc) is 3.43. The fourth-order valence-corrected chi connectivity index (χ4v) is 9.09. The molecule has 0 aliphatic carbocycles. The molecule has 5 aromatic rings. The fraction of sp³-hybridized carbons (Fsp3) is 0.352. The number of carbonyl (C=O) groups excluding carboxylic acids is 5. The second-order valence-electron chi connectivity index (χ2n) is 17.9. The zero-order valence-corrected chi connectivity index (χ0v) is 44.8. The summed E-state index contributed by atoms with van der Waals surface area (Å²) in [6.45, 7) is -4.01. The van der Waals surface area contributed by atoms with Crippen LogP contribution in [0.1, 0.15) is 42.0 Å². The standard InChI is InChI=1S/C54H63N3O21S2/c1-2-3-7-37-10-12-40(13-11-37)34-72-43-18-20-46(48(25-43)79-78-77-68)74-35-45(36-75-47-21-19-44(26-49(47)80(69,70)71)73-33-39-8-5-4-6-9-39)76-42-16-14-38(15-17-42)24-41(57(31-53(64)65)32-54(66)67)27-55(28-50(58)59)22-23-56(29-51(60)61)30-52(62)63/h4-6,8-21,25-26,41,45,68H,2-3,7,22-24,27-36H2,1H3,(H,58,59)(H,60,61)(H,62,63)(H,64,65)(H,66,67)(H,69,70,71)/p-7. The number of carbonyl (C=O) groups is 5. The van der Waals surface area contributed by atoms with Gasteiger partial charge in [-0.2, -0.15) is 4.33 Å². The van der Waals surface area contributed by atoms with Crippen molar-refractivity contribution in [1.82, 2.24) is 14.7 Å². The van der Waals surface area contributed by atoms with Crippen molar-refractivity contribution in [1.29, 1.82) is 0 Å². The van der Waals surface area contributed by atoms with Crippen LogP contribution in [0.4, 0.5) is 0 Å². The van der Waals surface area contributed by atoms with Crippen molar-refractivity contribution in [2.75, 3.05) is 65.6 Å². The molecule has 2 unspecified atom stereocenters. The Labute approximate surface area is 465 Å². The third-order valence-corrected chi connectivity index (χ3v) is 13.2. The summed E-state index contributed by atoms with van der Waals surface area (Å²) >= 11 is 0.510. The van der Waals surface area contributed by atoms with Crippen molar-refractivity contribution in [3.8, 4) is 28.7 Å². The van der Waals surface area contributed by atoms with Gasteiger partial charge in [0, 0.05) is 64.5 Å². The van der Waals surface area contributed by atoms with E-state index >= 15 is 0 Å². The molecule has 0 heterocycles. The lowest BCUT2D eigenvalue weighted by Crippen LogP contribution is -2.55. The third kappa shape index (κ3) is 23.0. The van der Waals surface area contributed by atoms with E-state index in [1.807, 2.05) is 30.3 Å². The quantitative estimate of drug-likeness (QED) is 0.0174. The van der Waals surface area contributed by atoms with Crippen molar-refractivity contribution in [2.24, 2.45) is 0 Å². The molecule has 0 aliphatic rings. The van der Waals surface area contributed by atoms with Gasteiger partial charge in [-0.1, -0.05) is 80.1 Å². The Bertz CT molecular complexity index is 2870. The number of hydrogen-bond acceptors (Lipinski definition) is 25. The maximum absolute atomic E-state index is 12.6. The Morgan fingerprint density at radius 2 is 1.07 bits per heavy atom. The van der Waals surface area contributed by atoms with E-state index in [1.165, 1.54) is 59.0 Å². The minimum Gasteiger partial charge on any atom is -0.744 e. The molecule has 0 aromatic heterocycles. The first-order chi connectivity index (χ1) is 38.3. The number of carboxylic acids is 5. The molecule has 0 N–H and O–H groups in total. The molecule has 0 spiro atoms. The summed E-state index contributed by atoms with van der Waals surface area (Å²) in [5, 5.41) is 72.8. The molecule has 80 heavy (non-hydrogen) atoms. The van der Waals surface area contributed by atoms with E-state index in [1.54, 1.807) is 30.3 Å². The molecule has 432 valence electrons. The minimum atomic E-state index is -5.17. The SMILES string of the molecule is CCCCc1ccc(COc2ccc(OCC(COc3ccc(OCc4ccccc4)cc3S(=O)(=O)[O-])Oc3ccc(CC(CN(CCN(CC(=O)[O-])CC(=O)[O-])CC(=O)[O-])N(CC(=O)[O-])CC(=O)[O-])cc3)c(SOO[O-])c2)cc1. The number of carboxylic acid groups (broad SMARTS) is 5. The largest absolute Gasteiger partial charge is 0.744 e. The molecule has 24 nitrogen and oxygen atoms in total. The van der Waals surface area contributed by atoms with Gasteiger partial charge in [-0.25, -0.2) is 8.42 Å². The molecule has 2 atom stereocenters. The summed E-state index contributed by atoms with van der Waals surface area (Å²) in [4.78, 5) is 60.7. The van der Waals surface area contributed by atoms with Crippen molar-refractivity contribution in [3.63, 3.8) is 0 Å². The third-order valence-electron chi connectivity index (χ3n) is 11.7. The van der Waals surface area contributed by atoms with Crippen LogP contribution in [0.15, 0.2) is 125 Å². The van der Waals surface area contributed by atoms with Crippen molar-refractivity contribution in [2.45, 2.75) is 67.8 Å². The zero-order chi connectivity index (χ0) is 58.0. The second kappa shape index (κ2) is 32.5. The highest BCUT2D eigenvalue weighted by Gasteiger charge is 2.25. The monoisotopic (exact) mass is 1150 g/mol. The molecular formula is C54H56N3O21S2-7. The highest BCUT2D eigenvalue weighted by Crippen LogP contribution is 2.35. The second-order valence-corrected chi connectivity index (χ2v) is 20.0. The number of ether oxygens (including phenoxy) is 5. The van der Waals surface area contributed by atoms with E-state index in [0.29, 0.717) is 23.4 Å². The number of hydrogen-bond donors (Lipinski definition) is 0. The van der Waals surface area contributed by atoms with Crippen molar-refractivity contribution >= 4 is 52.0 Å². The molecular weight excluding hydrogens is 1090 g/mol. The highest BCUT2D eigenvalue weighted by molar-refractivity contribution is 7.94. The first-order valence-corrected chi connectivity index (χ1v) is 26.8. The van der Waals surface area contributed by atoms with E-state index in [4.69, 9.17) is 23.7 Å². The van der Waals surface area contributed by atoms with Crippen LogP contribution in [0.2, 0.25) is 0 Å². The van der Waals surface area contributed by atoms with Gasteiger partial charge in [-0.05, 0) is 84.0 Å². The van der Waals surface area contributed by atoms with Gasteiger partial charge in [0.2, 0.25) is 0 Å². The number of unbranched alkanes of at least 4 members (excludes halogenated alkanes) is 1. The van der Waals surface area contributed by atoms with E-state index in [0.717, 1.165) is 46.3 Å². The normalized spacial score (nSPS) is 12.2. The number of nitrogens with zero attached hydrogens (tertiary/aromatic N) is 3. The van der Waals surface area contributed by atoms with Crippen LogP contribution in [0.3, 0.4) is 0 Å². The maximum atomic E-state index is 12.6. The van der Waals surface area contributed by atoms with E-state index in [2.05, 4.69) is 16.3 Å².